The van der Waals surface area contributed by atoms with E-state index in [4.69, 9.17) is 0 Å². The highest BCUT2D eigenvalue weighted by Gasteiger charge is 2.13. The molecular formula is C17H13N3OS. The normalized spacial score (nSPS) is 11.1. The molecule has 2 heterocycles. The molecule has 4 aromatic rings. The number of amides is 1. The number of para-hydroxylation sites is 1. The summed E-state index contributed by atoms with van der Waals surface area (Å²) in [4.78, 5) is 17.0. The smallest absolute Gasteiger partial charge is 0.258 e. The fraction of sp³-hybridized carbons (Fsp3) is 0.0588. The molecule has 1 amide bonds. The van der Waals surface area contributed by atoms with E-state index in [1.807, 2.05) is 66.3 Å². The van der Waals surface area contributed by atoms with Crippen LogP contribution in [0, 0.1) is 0 Å². The van der Waals surface area contributed by atoms with Crippen molar-refractivity contribution in [1.29, 1.82) is 0 Å². The zero-order valence-electron chi connectivity index (χ0n) is 11.9. The van der Waals surface area contributed by atoms with E-state index < -0.39 is 0 Å². The minimum absolute atomic E-state index is 0.129. The Balaban J connectivity index is 1.71. The first-order valence-corrected chi connectivity index (χ1v) is 7.75. The van der Waals surface area contributed by atoms with Gasteiger partial charge in [0.2, 0.25) is 0 Å². The number of anilines is 1. The van der Waals surface area contributed by atoms with Crippen molar-refractivity contribution in [3.05, 3.63) is 60.3 Å². The Kier molecular flexibility index (Phi) is 2.94. The molecule has 22 heavy (non-hydrogen) atoms. The summed E-state index contributed by atoms with van der Waals surface area (Å²) in [6, 6.07) is 15.6. The van der Waals surface area contributed by atoms with Crippen LogP contribution in [0.3, 0.4) is 0 Å². The largest absolute Gasteiger partial charge is 0.351 e. The Morgan fingerprint density at radius 2 is 2.00 bits per heavy atom. The van der Waals surface area contributed by atoms with Crippen molar-refractivity contribution in [3.8, 4) is 0 Å². The third-order valence-electron chi connectivity index (χ3n) is 3.69. The standard InChI is InChI=1S/C17H13N3OS/c1-20-10-9-11-12(5-4-7-14(11)20)16(21)19-17-18-13-6-2-3-8-15(13)22-17/h2-10H,1H3,(H,18,19,21). The van der Waals surface area contributed by atoms with Gasteiger partial charge < -0.3 is 4.57 Å². The van der Waals surface area contributed by atoms with Crippen molar-refractivity contribution in [3.63, 3.8) is 0 Å². The van der Waals surface area contributed by atoms with Crippen molar-refractivity contribution in [1.82, 2.24) is 9.55 Å². The summed E-state index contributed by atoms with van der Waals surface area (Å²) >= 11 is 1.48. The maximum atomic E-state index is 12.6. The second-order valence-electron chi connectivity index (χ2n) is 5.11. The third kappa shape index (κ3) is 2.07. The first kappa shape index (κ1) is 13.0. The van der Waals surface area contributed by atoms with Gasteiger partial charge in [-0.2, -0.15) is 0 Å². The summed E-state index contributed by atoms with van der Waals surface area (Å²) in [6.45, 7) is 0. The summed E-state index contributed by atoms with van der Waals surface area (Å²) in [5, 5.41) is 4.48. The number of benzene rings is 2. The molecule has 0 aliphatic heterocycles. The fourth-order valence-corrected chi connectivity index (χ4v) is 3.45. The third-order valence-corrected chi connectivity index (χ3v) is 4.64. The monoisotopic (exact) mass is 307 g/mol. The number of hydrogen-bond donors (Lipinski definition) is 1. The molecule has 0 aliphatic carbocycles. The van der Waals surface area contributed by atoms with Crippen LogP contribution in [0.1, 0.15) is 10.4 Å². The topological polar surface area (TPSA) is 46.9 Å². The predicted octanol–water partition coefficient (Wildman–Crippen LogP) is 4.04. The molecule has 4 rings (SSSR count). The number of thiazole rings is 1. The summed E-state index contributed by atoms with van der Waals surface area (Å²) in [5.74, 6) is -0.129. The van der Waals surface area contributed by atoms with Crippen LogP contribution in [0.5, 0.6) is 0 Å². The van der Waals surface area contributed by atoms with E-state index >= 15 is 0 Å². The molecular weight excluding hydrogens is 294 g/mol. The van der Waals surface area contributed by atoms with Crippen molar-refractivity contribution < 1.29 is 4.79 Å². The SMILES string of the molecule is Cn1ccc2c(C(=O)Nc3nc4ccccc4s3)cccc21. The van der Waals surface area contributed by atoms with E-state index in [0.29, 0.717) is 10.7 Å². The van der Waals surface area contributed by atoms with E-state index in [-0.39, 0.29) is 5.91 Å². The molecule has 108 valence electrons. The van der Waals surface area contributed by atoms with Gasteiger partial charge in [0.15, 0.2) is 5.13 Å². The second-order valence-corrected chi connectivity index (χ2v) is 6.14. The second kappa shape index (κ2) is 4.96. The van der Waals surface area contributed by atoms with E-state index in [0.717, 1.165) is 21.1 Å². The number of rotatable bonds is 2. The van der Waals surface area contributed by atoms with Crippen LogP contribution < -0.4 is 5.32 Å². The maximum absolute atomic E-state index is 12.6. The van der Waals surface area contributed by atoms with E-state index in [9.17, 15) is 4.79 Å². The number of aromatic nitrogens is 2. The van der Waals surface area contributed by atoms with E-state index in [2.05, 4.69) is 10.3 Å². The summed E-state index contributed by atoms with van der Waals surface area (Å²) in [6.07, 6.45) is 1.96. The number of carbonyl (C=O) groups excluding carboxylic acids is 1. The molecule has 0 saturated carbocycles. The Bertz CT molecular complexity index is 966. The molecule has 0 saturated heterocycles. The van der Waals surface area contributed by atoms with Gasteiger partial charge in [-0.25, -0.2) is 4.98 Å². The molecule has 1 N–H and O–H groups in total. The lowest BCUT2D eigenvalue weighted by atomic mass is 10.1. The number of carbonyl (C=O) groups is 1. The predicted molar refractivity (Wildman–Crippen MR) is 90.5 cm³/mol. The Labute approximate surface area is 131 Å². The van der Waals surface area contributed by atoms with Crippen LogP contribution in [0.15, 0.2) is 54.7 Å². The van der Waals surface area contributed by atoms with Crippen LogP contribution in [-0.2, 0) is 7.05 Å². The van der Waals surface area contributed by atoms with Crippen LogP contribution in [0.25, 0.3) is 21.1 Å². The van der Waals surface area contributed by atoms with Gasteiger partial charge in [-0.15, -0.1) is 0 Å². The molecule has 2 aromatic carbocycles. The van der Waals surface area contributed by atoms with Gasteiger partial charge in [0.25, 0.3) is 5.91 Å². The van der Waals surface area contributed by atoms with E-state index in [1.165, 1.54) is 11.3 Å². The average Bonchev–Trinajstić information content (AvgIpc) is 3.10. The van der Waals surface area contributed by atoms with Gasteiger partial charge >= 0.3 is 0 Å². The Morgan fingerprint density at radius 3 is 2.86 bits per heavy atom. The van der Waals surface area contributed by atoms with Gasteiger partial charge in [-0.05, 0) is 30.3 Å². The van der Waals surface area contributed by atoms with Crippen LogP contribution in [0.2, 0.25) is 0 Å². The van der Waals surface area contributed by atoms with Crippen molar-refractivity contribution >= 4 is 43.5 Å². The van der Waals surface area contributed by atoms with Crippen molar-refractivity contribution in [2.24, 2.45) is 7.05 Å². The minimum atomic E-state index is -0.129. The van der Waals surface area contributed by atoms with Crippen molar-refractivity contribution in [2.45, 2.75) is 0 Å². The highest BCUT2D eigenvalue weighted by atomic mass is 32.1. The zero-order chi connectivity index (χ0) is 15.1. The first-order valence-electron chi connectivity index (χ1n) is 6.93. The number of fused-ring (bicyclic) bond motifs is 2. The first-order chi connectivity index (χ1) is 10.7. The molecule has 2 aromatic heterocycles. The lowest BCUT2D eigenvalue weighted by molar-refractivity contribution is 0.102. The fourth-order valence-electron chi connectivity index (χ4n) is 2.59. The number of hydrogen-bond acceptors (Lipinski definition) is 3. The molecule has 5 heteroatoms. The molecule has 0 aliphatic rings. The van der Waals surface area contributed by atoms with Crippen LogP contribution in [0.4, 0.5) is 5.13 Å². The number of aryl methyl sites for hydroxylation is 1. The Morgan fingerprint density at radius 1 is 1.14 bits per heavy atom. The zero-order valence-corrected chi connectivity index (χ0v) is 12.7. The average molecular weight is 307 g/mol. The van der Waals surface area contributed by atoms with Crippen LogP contribution in [-0.4, -0.2) is 15.5 Å². The molecule has 0 atom stereocenters. The van der Waals surface area contributed by atoms with Gasteiger partial charge in [-0.1, -0.05) is 29.5 Å². The summed E-state index contributed by atoms with van der Waals surface area (Å²) in [7, 11) is 1.97. The van der Waals surface area contributed by atoms with Crippen molar-refractivity contribution in [2.75, 3.05) is 5.32 Å². The molecule has 0 unspecified atom stereocenters. The summed E-state index contributed by atoms with van der Waals surface area (Å²) < 4.78 is 3.07. The molecule has 0 radical (unpaired) electrons. The molecule has 0 spiro atoms. The molecule has 0 fully saturated rings. The summed E-state index contributed by atoms with van der Waals surface area (Å²) in [5.41, 5.74) is 2.61. The number of nitrogens with zero attached hydrogens (tertiary/aromatic N) is 2. The van der Waals surface area contributed by atoms with Gasteiger partial charge in [-0.3, -0.25) is 10.1 Å². The highest BCUT2D eigenvalue weighted by Crippen LogP contribution is 2.27. The molecule has 0 bridgehead atoms. The maximum Gasteiger partial charge on any atom is 0.258 e. The lowest BCUT2D eigenvalue weighted by Gasteiger charge is -2.04. The lowest BCUT2D eigenvalue weighted by Crippen LogP contribution is -2.11. The highest BCUT2D eigenvalue weighted by molar-refractivity contribution is 7.22. The number of nitrogens with one attached hydrogen (secondary N) is 1. The minimum Gasteiger partial charge on any atom is -0.351 e. The van der Waals surface area contributed by atoms with Gasteiger partial charge in [0.05, 0.1) is 10.2 Å². The van der Waals surface area contributed by atoms with Gasteiger partial charge in [0.1, 0.15) is 0 Å². The van der Waals surface area contributed by atoms with E-state index in [1.54, 1.807) is 0 Å². The molecule has 4 nitrogen and oxygen atoms in total. The quantitative estimate of drug-likeness (QED) is 0.607. The van der Waals surface area contributed by atoms with Crippen LogP contribution >= 0.6 is 11.3 Å². The van der Waals surface area contributed by atoms with Gasteiger partial charge in [0, 0.05) is 29.7 Å². The Hall–Kier alpha value is -2.66.